The second kappa shape index (κ2) is 4.31. The fraction of sp³-hybridized carbons (Fsp3) is 0.200. The van der Waals surface area contributed by atoms with Crippen LogP contribution in [0.15, 0.2) is 36.4 Å². The van der Waals surface area contributed by atoms with Crippen molar-refractivity contribution >= 4 is 11.6 Å². The van der Waals surface area contributed by atoms with Crippen molar-refractivity contribution in [3.8, 4) is 11.1 Å². The molecule has 82 valence electrons. The Bertz CT molecular complexity index is 513. The van der Waals surface area contributed by atoms with Crippen LogP contribution in [0, 0.1) is 20.8 Å². The minimum Gasteiger partial charge on any atom is -0.0836 e. The zero-order valence-corrected chi connectivity index (χ0v) is 10.6. The van der Waals surface area contributed by atoms with Crippen LogP contribution >= 0.6 is 11.6 Å². The molecule has 0 nitrogen and oxygen atoms in total. The molecule has 0 atom stereocenters. The first kappa shape index (κ1) is 11.2. The number of halogens is 1. The number of rotatable bonds is 1. The Morgan fingerprint density at radius 1 is 0.875 bits per heavy atom. The molecule has 0 radical (unpaired) electrons. The standard InChI is InChI=1S/C15H15Cl/c1-10-9-14(16)15(12(3)11(10)2)13-7-5-4-6-8-13/h4-9H,1-3H3. The Morgan fingerprint density at radius 3 is 2.12 bits per heavy atom. The summed E-state index contributed by atoms with van der Waals surface area (Å²) in [4.78, 5) is 0. The molecule has 0 saturated carbocycles. The molecule has 2 aromatic carbocycles. The van der Waals surface area contributed by atoms with Crippen molar-refractivity contribution in [3.63, 3.8) is 0 Å². The van der Waals surface area contributed by atoms with Gasteiger partial charge in [0.15, 0.2) is 0 Å². The molecule has 0 aliphatic carbocycles. The van der Waals surface area contributed by atoms with Crippen LogP contribution in [0.3, 0.4) is 0 Å². The van der Waals surface area contributed by atoms with Crippen LogP contribution in [0.1, 0.15) is 16.7 Å². The van der Waals surface area contributed by atoms with E-state index in [0.717, 1.165) is 10.6 Å². The van der Waals surface area contributed by atoms with Gasteiger partial charge in [-0.15, -0.1) is 0 Å². The summed E-state index contributed by atoms with van der Waals surface area (Å²) in [6.07, 6.45) is 0. The fourth-order valence-corrected chi connectivity index (χ4v) is 2.41. The third-order valence-electron chi connectivity index (χ3n) is 3.17. The predicted octanol–water partition coefficient (Wildman–Crippen LogP) is 4.93. The molecule has 0 N–H and O–H groups in total. The molecule has 0 spiro atoms. The molecule has 0 amide bonds. The first-order chi connectivity index (χ1) is 7.61. The smallest absolute Gasteiger partial charge is 0.0489 e. The monoisotopic (exact) mass is 230 g/mol. The summed E-state index contributed by atoms with van der Waals surface area (Å²) < 4.78 is 0. The highest BCUT2D eigenvalue weighted by Gasteiger charge is 2.10. The number of benzene rings is 2. The summed E-state index contributed by atoms with van der Waals surface area (Å²) in [5, 5.41) is 0.840. The van der Waals surface area contributed by atoms with Crippen molar-refractivity contribution in [1.29, 1.82) is 0 Å². The summed E-state index contributed by atoms with van der Waals surface area (Å²) in [5.41, 5.74) is 6.19. The Labute approximate surface area is 102 Å². The van der Waals surface area contributed by atoms with Gasteiger partial charge in [0.1, 0.15) is 0 Å². The average Bonchev–Trinajstić information content (AvgIpc) is 2.28. The van der Waals surface area contributed by atoms with Gasteiger partial charge in [0, 0.05) is 10.6 Å². The van der Waals surface area contributed by atoms with E-state index >= 15 is 0 Å². The van der Waals surface area contributed by atoms with Gasteiger partial charge in [0.2, 0.25) is 0 Å². The topological polar surface area (TPSA) is 0 Å². The van der Waals surface area contributed by atoms with E-state index in [0.29, 0.717) is 0 Å². The van der Waals surface area contributed by atoms with E-state index in [-0.39, 0.29) is 0 Å². The zero-order valence-electron chi connectivity index (χ0n) is 9.84. The summed E-state index contributed by atoms with van der Waals surface area (Å²) in [5.74, 6) is 0. The van der Waals surface area contributed by atoms with E-state index in [1.165, 1.54) is 22.3 Å². The third-order valence-corrected chi connectivity index (χ3v) is 3.47. The summed E-state index contributed by atoms with van der Waals surface area (Å²) in [6.45, 7) is 6.38. The van der Waals surface area contributed by atoms with E-state index in [1.54, 1.807) is 0 Å². The molecule has 0 saturated heterocycles. The quantitative estimate of drug-likeness (QED) is 0.652. The van der Waals surface area contributed by atoms with Gasteiger partial charge < -0.3 is 0 Å². The van der Waals surface area contributed by atoms with E-state index in [4.69, 9.17) is 11.6 Å². The first-order valence-corrected chi connectivity index (χ1v) is 5.80. The lowest BCUT2D eigenvalue weighted by atomic mass is 9.94. The molecule has 2 aromatic rings. The average molecular weight is 231 g/mol. The van der Waals surface area contributed by atoms with Crippen LogP contribution in [0.2, 0.25) is 5.02 Å². The van der Waals surface area contributed by atoms with Crippen LogP contribution in [0.25, 0.3) is 11.1 Å². The largest absolute Gasteiger partial charge is 0.0836 e. The molecule has 16 heavy (non-hydrogen) atoms. The van der Waals surface area contributed by atoms with Gasteiger partial charge in [-0.05, 0) is 49.1 Å². The third kappa shape index (κ3) is 1.85. The van der Waals surface area contributed by atoms with Gasteiger partial charge in [0.25, 0.3) is 0 Å². The Hall–Kier alpha value is -1.27. The molecule has 0 bridgehead atoms. The molecule has 0 fully saturated rings. The Kier molecular flexibility index (Phi) is 3.02. The van der Waals surface area contributed by atoms with Gasteiger partial charge in [-0.2, -0.15) is 0 Å². The second-order valence-electron chi connectivity index (χ2n) is 4.17. The van der Waals surface area contributed by atoms with Crippen molar-refractivity contribution in [2.45, 2.75) is 20.8 Å². The van der Waals surface area contributed by atoms with Gasteiger partial charge >= 0.3 is 0 Å². The summed E-state index contributed by atoms with van der Waals surface area (Å²) >= 11 is 6.34. The van der Waals surface area contributed by atoms with E-state index < -0.39 is 0 Å². The van der Waals surface area contributed by atoms with Crippen molar-refractivity contribution < 1.29 is 0 Å². The van der Waals surface area contributed by atoms with Crippen molar-refractivity contribution in [2.75, 3.05) is 0 Å². The number of hydrogen-bond donors (Lipinski definition) is 0. The highest BCUT2D eigenvalue weighted by atomic mass is 35.5. The maximum absolute atomic E-state index is 6.34. The first-order valence-electron chi connectivity index (χ1n) is 5.43. The van der Waals surface area contributed by atoms with Gasteiger partial charge in [-0.25, -0.2) is 0 Å². The summed E-state index contributed by atoms with van der Waals surface area (Å²) in [6, 6.07) is 12.4. The van der Waals surface area contributed by atoms with Crippen LogP contribution in [-0.2, 0) is 0 Å². The molecular weight excluding hydrogens is 216 g/mol. The van der Waals surface area contributed by atoms with E-state index in [1.807, 2.05) is 24.3 Å². The van der Waals surface area contributed by atoms with Gasteiger partial charge in [-0.3, -0.25) is 0 Å². The molecule has 0 heterocycles. The summed E-state index contributed by atoms with van der Waals surface area (Å²) in [7, 11) is 0. The van der Waals surface area contributed by atoms with Crippen LogP contribution < -0.4 is 0 Å². The van der Waals surface area contributed by atoms with Gasteiger partial charge in [-0.1, -0.05) is 41.9 Å². The lowest BCUT2D eigenvalue weighted by Crippen LogP contribution is -1.92. The lowest BCUT2D eigenvalue weighted by molar-refractivity contribution is 1.27. The minimum absolute atomic E-state index is 0.840. The molecule has 0 aliphatic heterocycles. The fourth-order valence-electron chi connectivity index (χ4n) is 1.99. The SMILES string of the molecule is Cc1cc(Cl)c(-c2ccccc2)c(C)c1C. The van der Waals surface area contributed by atoms with Crippen molar-refractivity contribution in [3.05, 3.63) is 58.1 Å². The molecule has 0 unspecified atom stereocenters. The Balaban J connectivity index is 2.71. The highest BCUT2D eigenvalue weighted by Crippen LogP contribution is 2.34. The minimum atomic E-state index is 0.840. The second-order valence-corrected chi connectivity index (χ2v) is 4.57. The number of aryl methyl sites for hydroxylation is 1. The maximum atomic E-state index is 6.34. The maximum Gasteiger partial charge on any atom is 0.0489 e. The van der Waals surface area contributed by atoms with Crippen molar-refractivity contribution in [2.24, 2.45) is 0 Å². The van der Waals surface area contributed by atoms with Crippen LogP contribution in [0.5, 0.6) is 0 Å². The Morgan fingerprint density at radius 2 is 1.50 bits per heavy atom. The predicted molar refractivity (Wildman–Crippen MR) is 71.1 cm³/mol. The lowest BCUT2D eigenvalue weighted by Gasteiger charge is -2.13. The van der Waals surface area contributed by atoms with Crippen LogP contribution in [-0.4, -0.2) is 0 Å². The molecule has 2 rings (SSSR count). The molecule has 0 aromatic heterocycles. The highest BCUT2D eigenvalue weighted by molar-refractivity contribution is 6.33. The molecule has 1 heteroatoms. The number of hydrogen-bond acceptors (Lipinski definition) is 0. The van der Waals surface area contributed by atoms with Gasteiger partial charge in [0.05, 0.1) is 0 Å². The van der Waals surface area contributed by atoms with Crippen molar-refractivity contribution in [1.82, 2.24) is 0 Å². The van der Waals surface area contributed by atoms with E-state index in [9.17, 15) is 0 Å². The normalized spacial score (nSPS) is 10.5. The van der Waals surface area contributed by atoms with Crippen LogP contribution in [0.4, 0.5) is 0 Å². The molecular formula is C15H15Cl. The zero-order chi connectivity index (χ0) is 11.7. The van der Waals surface area contributed by atoms with E-state index in [2.05, 4.69) is 32.9 Å². The molecule has 0 aliphatic rings.